The number of hydrogen-bond acceptors (Lipinski definition) is 4. The van der Waals surface area contributed by atoms with Crippen LogP contribution in [-0.4, -0.2) is 24.8 Å². The maximum Gasteiger partial charge on any atom is 0.339 e. The number of hydrogen-bond donors (Lipinski definition) is 1. The molecule has 96 valence electrons. The SMILES string of the molecule is CCCC(=O)C(=O)Nc1ccccc1C(=O)OC. The lowest BCUT2D eigenvalue weighted by molar-refractivity contribution is -0.134. The zero-order chi connectivity index (χ0) is 13.5. The summed E-state index contributed by atoms with van der Waals surface area (Å²) in [4.78, 5) is 34.4. The van der Waals surface area contributed by atoms with Gasteiger partial charge in [0.2, 0.25) is 5.78 Å². The Morgan fingerprint density at radius 2 is 1.89 bits per heavy atom. The van der Waals surface area contributed by atoms with Crippen LogP contribution in [-0.2, 0) is 14.3 Å². The molecular weight excluding hydrogens is 234 g/mol. The van der Waals surface area contributed by atoms with Gasteiger partial charge in [0, 0.05) is 6.42 Å². The third-order valence-corrected chi connectivity index (χ3v) is 2.31. The van der Waals surface area contributed by atoms with Crippen LogP contribution in [0.3, 0.4) is 0 Å². The van der Waals surface area contributed by atoms with Crippen LogP contribution >= 0.6 is 0 Å². The van der Waals surface area contributed by atoms with Gasteiger partial charge in [0.15, 0.2) is 0 Å². The Kier molecular flexibility index (Phi) is 5.05. The minimum absolute atomic E-state index is 0.187. The van der Waals surface area contributed by atoms with Crippen LogP contribution in [0.5, 0.6) is 0 Å². The highest BCUT2D eigenvalue weighted by Crippen LogP contribution is 2.16. The number of anilines is 1. The zero-order valence-corrected chi connectivity index (χ0v) is 10.4. The molecule has 0 saturated carbocycles. The van der Waals surface area contributed by atoms with Crippen molar-refractivity contribution >= 4 is 23.3 Å². The fraction of sp³-hybridized carbons (Fsp3) is 0.308. The molecule has 1 rings (SSSR count). The summed E-state index contributed by atoms with van der Waals surface area (Å²) in [5.41, 5.74) is 0.497. The highest BCUT2D eigenvalue weighted by molar-refractivity contribution is 6.40. The van der Waals surface area contributed by atoms with Gasteiger partial charge in [-0.2, -0.15) is 0 Å². The van der Waals surface area contributed by atoms with Gasteiger partial charge in [-0.3, -0.25) is 9.59 Å². The molecular formula is C13H15NO4. The van der Waals surface area contributed by atoms with Crippen LogP contribution in [0.15, 0.2) is 24.3 Å². The molecule has 0 aliphatic rings. The fourth-order valence-corrected chi connectivity index (χ4v) is 1.41. The van der Waals surface area contributed by atoms with E-state index in [4.69, 9.17) is 0 Å². The lowest BCUT2D eigenvalue weighted by atomic mass is 10.1. The minimum Gasteiger partial charge on any atom is -0.465 e. The number of methoxy groups -OCH3 is 1. The molecule has 5 heteroatoms. The Bertz CT molecular complexity index is 468. The second kappa shape index (κ2) is 6.54. The van der Waals surface area contributed by atoms with E-state index in [0.717, 1.165) is 0 Å². The normalized spacial score (nSPS) is 9.67. The highest BCUT2D eigenvalue weighted by Gasteiger charge is 2.17. The minimum atomic E-state index is -0.715. The maximum atomic E-state index is 11.6. The molecule has 1 amide bonds. The fourth-order valence-electron chi connectivity index (χ4n) is 1.41. The number of para-hydroxylation sites is 1. The van der Waals surface area contributed by atoms with Gasteiger partial charge in [0.05, 0.1) is 18.4 Å². The number of benzene rings is 1. The van der Waals surface area contributed by atoms with E-state index in [0.29, 0.717) is 6.42 Å². The first-order valence-electron chi connectivity index (χ1n) is 5.61. The van der Waals surface area contributed by atoms with Gasteiger partial charge in [-0.25, -0.2) is 4.79 Å². The molecule has 0 unspecified atom stereocenters. The van der Waals surface area contributed by atoms with Gasteiger partial charge in [0.25, 0.3) is 5.91 Å². The van der Waals surface area contributed by atoms with E-state index >= 15 is 0 Å². The summed E-state index contributed by atoms with van der Waals surface area (Å²) in [5, 5.41) is 2.42. The summed E-state index contributed by atoms with van der Waals surface area (Å²) in [6, 6.07) is 6.37. The third-order valence-electron chi connectivity index (χ3n) is 2.31. The molecule has 0 atom stereocenters. The lowest BCUT2D eigenvalue weighted by Crippen LogP contribution is -2.23. The highest BCUT2D eigenvalue weighted by atomic mass is 16.5. The molecule has 0 fully saturated rings. The first-order chi connectivity index (χ1) is 8.60. The number of amides is 1. The molecule has 0 saturated heterocycles. The Balaban J connectivity index is 2.88. The van der Waals surface area contributed by atoms with Gasteiger partial charge in [-0.1, -0.05) is 19.1 Å². The second-order valence-corrected chi connectivity index (χ2v) is 3.66. The Morgan fingerprint density at radius 1 is 1.22 bits per heavy atom. The largest absolute Gasteiger partial charge is 0.465 e. The van der Waals surface area contributed by atoms with Crippen molar-refractivity contribution in [1.82, 2.24) is 0 Å². The van der Waals surface area contributed by atoms with Gasteiger partial charge in [0.1, 0.15) is 0 Å². The first kappa shape index (κ1) is 13.9. The summed E-state index contributed by atoms with van der Waals surface area (Å²) in [7, 11) is 1.25. The molecule has 5 nitrogen and oxygen atoms in total. The smallest absolute Gasteiger partial charge is 0.339 e. The quantitative estimate of drug-likeness (QED) is 0.637. The summed E-state index contributed by atoms with van der Waals surface area (Å²) >= 11 is 0. The zero-order valence-electron chi connectivity index (χ0n) is 10.4. The van der Waals surface area contributed by atoms with E-state index in [1.165, 1.54) is 13.2 Å². The van der Waals surface area contributed by atoms with Crippen LogP contribution < -0.4 is 5.32 Å². The second-order valence-electron chi connectivity index (χ2n) is 3.66. The number of ketones is 1. The molecule has 0 heterocycles. The number of nitrogens with one attached hydrogen (secondary N) is 1. The monoisotopic (exact) mass is 249 g/mol. The molecule has 1 aromatic rings. The summed E-state index contributed by atoms with van der Waals surface area (Å²) in [6.07, 6.45) is 0.789. The van der Waals surface area contributed by atoms with Crippen LogP contribution in [0.4, 0.5) is 5.69 Å². The molecule has 0 aliphatic heterocycles. The Morgan fingerprint density at radius 3 is 2.50 bits per heavy atom. The van der Waals surface area contributed by atoms with Crippen LogP contribution in [0, 0.1) is 0 Å². The molecule has 18 heavy (non-hydrogen) atoms. The molecule has 0 bridgehead atoms. The van der Waals surface area contributed by atoms with Gasteiger partial charge in [-0.05, 0) is 18.6 Å². The average molecular weight is 249 g/mol. The molecule has 0 aliphatic carbocycles. The van der Waals surface area contributed by atoms with E-state index in [1.807, 2.05) is 6.92 Å². The van der Waals surface area contributed by atoms with Gasteiger partial charge >= 0.3 is 5.97 Å². The topological polar surface area (TPSA) is 72.5 Å². The van der Waals surface area contributed by atoms with Gasteiger partial charge < -0.3 is 10.1 Å². The average Bonchev–Trinajstić information content (AvgIpc) is 2.38. The van der Waals surface area contributed by atoms with E-state index in [2.05, 4.69) is 10.1 Å². The summed E-state index contributed by atoms with van der Waals surface area (Å²) in [5.74, 6) is -1.78. The van der Waals surface area contributed by atoms with Crippen molar-refractivity contribution < 1.29 is 19.1 Å². The lowest BCUT2D eigenvalue weighted by Gasteiger charge is -2.08. The van der Waals surface area contributed by atoms with Crippen molar-refractivity contribution in [2.45, 2.75) is 19.8 Å². The van der Waals surface area contributed by atoms with Crippen LogP contribution in [0.2, 0.25) is 0 Å². The Hall–Kier alpha value is -2.17. The van der Waals surface area contributed by atoms with E-state index in [9.17, 15) is 14.4 Å². The van der Waals surface area contributed by atoms with Crippen molar-refractivity contribution in [3.05, 3.63) is 29.8 Å². The Labute approximate surface area is 105 Å². The van der Waals surface area contributed by atoms with E-state index < -0.39 is 17.7 Å². The van der Waals surface area contributed by atoms with Crippen molar-refractivity contribution in [2.75, 3.05) is 12.4 Å². The van der Waals surface area contributed by atoms with Crippen molar-refractivity contribution in [1.29, 1.82) is 0 Å². The maximum absolute atomic E-state index is 11.6. The third kappa shape index (κ3) is 3.41. The molecule has 1 aromatic carbocycles. The standard InChI is InChI=1S/C13H15NO4/c1-3-6-11(15)12(16)14-10-8-5-4-7-9(10)13(17)18-2/h4-5,7-8H,3,6H2,1-2H3,(H,14,16). The molecule has 0 radical (unpaired) electrons. The molecule has 0 spiro atoms. The molecule has 1 N–H and O–H groups in total. The predicted molar refractivity (Wildman–Crippen MR) is 66.3 cm³/mol. The van der Waals surface area contributed by atoms with Crippen molar-refractivity contribution in [3.8, 4) is 0 Å². The summed E-state index contributed by atoms with van der Waals surface area (Å²) in [6.45, 7) is 1.81. The number of Topliss-reactive ketones (excluding diaryl/α,β-unsaturated/α-hetero) is 1. The predicted octanol–water partition coefficient (Wildman–Crippen LogP) is 1.78. The van der Waals surface area contributed by atoms with Crippen molar-refractivity contribution in [2.24, 2.45) is 0 Å². The first-order valence-corrected chi connectivity index (χ1v) is 5.61. The number of ether oxygens (including phenoxy) is 1. The van der Waals surface area contributed by atoms with E-state index in [-0.39, 0.29) is 17.7 Å². The number of esters is 1. The number of carbonyl (C=O) groups is 3. The van der Waals surface area contributed by atoms with Gasteiger partial charge in [-0.15, -0.1) is 0 Å². The number of rotatable bonds is 5. The van der Waals surface area contributed by atoms with Crippen LogP contribution in [0.1, 0.15) is 30.1 Å². The number of carbonyl (C=O) groups excluding carboxylic acids is 3. The summed E-state index contributed by atoms with van der Waals surface area (Å²) < 4.78 is 4.59. The van der Waals surface area contributed by atoms with E-state index in [1.54, 1.807) is 18.2 Å². The van der Waals surface area contributed by atoms with Crippen molar-refractivity contribution in [3.63, 3.8) is 0 Å². The molecule has 0 aromatic heterocycles. The van der Waals surface area contributed by atoms with Crippen LogP contribution in [0.25, 0.3) is 0 Å².